The van der Waals surface area contributed by atoms with Crippen LogP contribution in [0.2, 0.25) is 0 Å². The van der Waals surface area contributed by atoms with Crippen LogP contribution in [0.4, 0.5) is 4.39 Å². The van der Waals surface area contributed by atoms with Crippen molar-refractivity contribution in [3.63, 3.8) is 0 Å². The quantitative estimate of drug-likeness (QED) is 0.856. The fourth-order valence-electron chi connectivity index (χ4n) is 2.52. The Morgan fingerprint density at radius 1 is 0.944 bits per heavy atom. The van der Waals surface area contributed by atoms with Crippen LogP contribution in [0.1, 0.15) is 50.5 Å². The van der Waals surface area contributed by atoms with Crippen molar-refractivity contribution < 1.29 is 4.39 Å². The lowest BCUT2D eigenvalue weighted by atomic mass is 9.96. The van der Waals surface area contributed by atoms with Gasteiger partial charge in [-0.05, 0) is 30.5 Å². The highest BCUT2D eigenvalue weighted by Crippen LogP contribution is 2.17. The van der Waals surface area contributed by atoms with Crippen LogP contribution >= 0.6 is 12.4 Å². The van der Waals surface area contributed by atoms with Crippen LogP contribution in [0.5, 0.6) is 0 Å². The second kappa shape index (κ2) is 8.49. The van der Waals surface area contributed by atoms with Gasteiger partial charge in [0.15, 0.2) is 0 Å². The van der Waals surface area contributed by atoms with E-state index in [0.717, 1.165) is 6.54 Å². The molecule has 1 saturated carbocycles. The molecule has 0 heterocycles. The molecule has 1 nitrogen and oxygen atoms in total. The van der Waals surface area contributed by atoms with Crippen molar-refractivity contribution in [2.75, 3.05) is 0 Å². The van der Waals surface area contributed by atoms with Crippen LogP contribution in [0.25, 0.3) is 0 Å². The van der Waals surface area contributed by atoms with E-state index in [1.807, 2.05) is 12.1 Å². The predicted molar refractivity (Wildman–Crippen MR) is 76.6 cm³/mol. The summed E-state index contributed by atoms with van der Waals surface area (Å²) in [5.74, 6) is -0.153. The van der Waals surface area contributed by atoms with E-state index in [0.29, 0.717) is 6.04 Å². The Hall–Kier alpha value is -0.600. The molecule has 102 valence electrons. The van der Waals surface area contributed by atoms with Gasteiger partial charge < -0.3 is 5.32 Å². The first-order chi connectivity index (χ1) is 8.34. The number of hydrogen-bond acceptors (Lipinski definition) is 1. The topological polar surface area (TPSA) is 12.0 Å². The van der Waals surface area contributed by atoms with E-state index < -0.39 is 0 Å². The second-order valence-electron chi connectivity index (χ2n) is 5.05. The molecule has 1 fully saturated rings. The van der Waals surface area contributed by atoms with Crippen molar-refractivity contribution in [1.82, 2.24) is 5.32 Å². The van der Waals surface area contributed by atoms with Gasteiger partial charge in [-0.3, -0.25) is 0 Å². The average Bonchev–Trinajstić information content (AvgIpc) is 2.30. The Kier molecular flexibility index (Phi) is 7.29. The molecule has 3 heteroatoms. The van der Waals surface area contributed by atoms with Crippen LogP contribution in [-0.4, -0.2) is 6.04 Å². The predicted octanol–water partition coefficient (Wildman–Crippen LogP) is 4.45. The lowest BCUT2D eigenvalue weighted by molar-refractivity contribution is 0.389. The van der Waals surface area contributed by atoms with Crippen molar-refractivity contribution in [2.45, 2.75) is 57.5 Å². The Bertz CT molecular complexity index is 318. The summed E-state index contributed by atoms with van der Waals surface area (Å²) in [5.41, 5.74) is 1.17. The number of hydrogen-bond donors (Lipinski definition) is 1. The Morgan fingerprint density at radius 3 is 2.11 bits per heavy atom. The molecule has 18 heavy (non-hydrogen) atoms. The molecule has 0 aromatic heterocycles. The molecular formula is C15H23ClFN. The molecule has 1 aromatic carbocycles. The summed E-state index contributed by atoms with van der Waals surface area (Å²) < 4.78 is 12.8. The van der Waals surface area contributed by atoms with E-state index in [-0.39, 0.29) is 18.2 Å². The van der Waals surface area contributed by atoms with Gasteiger partial charge in [-0.1, -0.05) is 44.2 Å². The molecule has 0 aliphatic heterocycles. The summed E-state index contributed by atoms with van der Waals surface area (Å²) in [5, 5.41) is 3.60. The molecule has 1 aliphatic rings. The molecule has 0 spiro atoms. The molecular weight excluding hydrogens is 249 g/mol. The normalized spacial score (nSPS) is 17.6. The van der Waals surface area contributed by atoms with Gasteiger partial charge >= 0.3 is 0 Å². The minimum absolute atomic E-state index is 0. The Balaban J connectivity index is 0.00000162. The summed E-state index contributed by atoms with van der Waals surface area (Å²) in [6, 6.07) is 7.46. The Morgan fingerprint density at radius 2 is 1.50 bits per heavy atom. The number of rotatable bonds is 3. The van der Waals surface area contributed by atoms with Crippen LogP contribution < -0.4 is 5.32 Å². The minimum atomic E-state index is -0.153. The average molecular weight is 272 g/mol. The minimum Gasteiger partial charge on any atom is -0.310 e. The molecule has 2 rings (SSSR count). The lowest BCUT2D eigenvalue weighted by Crippen LogP contribution is -2.29. The number of halogens is 2. The van der Waals surface area contributed by atoms with Crippen molar-refractivity contribution in [3.8, 4) is 0 Å². The summed E-state index contributed by atoms with van der Waals surface area (Å²) in [4.78, 5) is 0. The zero-order chi connectivity index (χ0) is 11.9. The fraction of sp³-hybridized carbons (Fsp3) is 0.600. The molecule has 0 bridgehead atoms. The van der Waals surface area contributed by atoms with Crippen molar-refractivity contribution in [1.29, 1.82) is 0 Å². The number of nitrogens with one attached hydrogen (secondary N) is 1. The van der Waals surface area contributed by atoms with Crippen LogP contribution in [0, 0.1) is 5.82 Å². The van der Waals surface area contributed by atoms with Crippen LogP contribution in [0.15, 0.2) is 24.3 Å². The van der Waals surface area contributed by atoms with E-state index in [4.69, 9.17) is 0 Å². The zero-order valence-electron chi connectivity index (χ0n) is 10.8. The number of benzene rings is 1. The third-order valence-electron chi connectivity index (χ3n) is 3.61. The molecule has 0 unspecified atom stereocenters. The second-order valence-corrected chi connectivity index (χ2v) is 5.05. The summed E-state index contributed by atoms with van der Waals surface area (Å²) in [7, 11) is 0. The van der Waals surface area contributed by atoms with E-state index in [2.05, 4.69) is 5.32 Å². The highest BCUT2D eigenvalue weighted by atomic mass is 35.5. The van der Waals surface area contributed by atoms with E-state index in [1.54, 1.807) is 0 Å². The van der Waals surface area contributed by atoms with E-state index >= 15 is 0 Å². The molecule has 0 atom stereocenters. The van der Waals surface area contributed by atoms with Crippen LogP contribution in [0.3, 0.4) is 0 Å². The van der Waals surface area contributed by atoms with Crippen LogP contribution in [-0.2, 0) is 6.54 Å². The standard InChI is InChI=1S/C15H22FN.ClH/c16-14-10-8-13(9-11-14)12-17-15-6-4-2-1-3-5-7-15;/h8-11,15,17H,1-7,12H2;1H. The first-order valence-electron chi connectivity index (χ1n) is 6.82. The summed E-state index contributed by atoms with van der Waals surface area (Å²) in [6.45, 7) is 0.866. The maximum Gasteiger partial charge on any atom is 0.123 e. The summed E-state index contributed by atoms with van der Waals surface area (Å²) >= 11 is 0. The van der Waals surface area contributed by atoms with E-state index in [9.17, 15) is 4.39 Å². The first kappa shape index (κ1) is 15.5. The van der Waals surface area contributed by atoms with Gasteiger partial charge in [-0.2, -0.15) is 0 Å². The van der Waals surface area contributed by atoms with Crippen molar-refractivity contribution in [3.05, 3.63) is 35.6 Å². The largest absolute Gasteiger partial charge is 0.310 e. The third-order valence-corrected chi connectivity index (χ3v) is 3.61. The fourth-order valence-corrected chi connectivity index (χ4v) is 2.52. The first-order valence-corrected chi connectivity index (χ1v) is 6.82. The maximum absolute atomic E-state index is 12.8. The van der Waals surface area contributed by atoms with Gasteiger partial charge in [0.2, 0.25) is 0 Å². The highest BCUT2D eigenvalue weighted by molar-refractivity contribution is 5.85. The highest BCUT2D eigenvalue weighted by Gasteiger charge is 2.10. The SMILES string of the molecule is Cl.Fc1ccc(CNC2CCCCCCC2)cc1. The van der Waals surface area contributed by atoms with Gasteiger partial charge in [-0.25, -0.2) is 4.39 Å². The molecule has 0 radical (unpaired) electrons. The molecule has 0 saturated heterocycles. The molecule has 0 amide bonds. The monoisotopic (exact) mass is 271 g/mol. The zero-order valence-corrected chi connectivity index (χ0v) is 11.6. The molecule has 1 aliphatic carbocycles. The van der Waals surface area contributed by atoms with Crippen molar-refractivity contribution >= 4 is 12.4 Å². The molecule has 1 aromatic rings. The lowest BCUT2D eigenvalue weighted by Gasteiger charge is -2.21. The van der Waals surface area contributed by atoms with E-state index in [1.165, 1.54) is 62.6 Å². The smallest absolute Gasteiger partial charge is 0.123 e. The Labute approximate surface area is 116 Å². The third kappa shape index (κ3) is 5.36. The van der Waals surface area contributed by atoms with Gasteiger partial charge in [0.1, 0.15) is 5.82 Å². The molecule has 1 N–H and O–H groups in total. The van der Waals surface area contributed by atoms with Crippen molar-refractivity contribution in [2.24, 2.45) is 0 Å². The maximum atomic E-state index is 12.8. The van der Waals surface area contributed by atoms with Gasteiger partial charge in [0.25, 0.3) is 0 Å². The van der Waals surface area contributed by atoms with Gasteiger partial charge in [0, 0.05) is 12.6 Å². The van der Waals surface area contributed by atoms with Gasteiger partial charge in [-0.15, -0.1) is 12.4 Å². The van der Waals surface area contributed by atoms with Gasteiger partial charge in [0.05, 0.1) is 0 Å². The summed E-state index contributed by atoms with van der Waals surface area (Å²) in [6.07, 6.45) is 9.46.